The molecule has 1 aliphatic rings. The van der Waals surface area contributed by atoms with Crippen molar-refractivity contribution in [1.29, 1.82) is 0 Å². The van der Waals surface area contributed by atoms with Crippen molar-refractivity contribution in [1.82, 2.24) is 9.29 Å². The Labute approximate surface area is 116 Å². The van der Waals surface area contributed by atoms with Crippen LogP contribution < -0.4 is 5.73 Å². The largest absolute Gasteiger partial charge is 0.409 e. The van der Waals surface area contributed by atoms with E-state index in [4.69, 9.17) is 10.9 Å². The third kappa shape index (κ3) is 2.88. The number of pyridine rings is 1. The van der Waals surface area contributed by atoms with Gasteiger partial charge in [0.25, 0.3) is 0 Å². The SMILES string of the molecule is NC(=NO)C1CCCN(S(=O)(=O)c2cncc(F)c2)C1. The summed E-state index contributed by atoms with van der Waals surface area (Å²) in [4.78, 5) is 3.35. The molecule has 0 spiro atoms. The van der Waals surface area contributed by atoms with Crippen molar-refractivity contribution in [3.8, 4) is 0 Å². The lowest BCUT2D eigenvalue weighted by atomic mass is 9.99. The van der Waals surface area contributed by atoms with Gasteiger partial charge in [-0.2, -0.15) is 4.31 Å². The topological polar surface area (TPSA) is 109 Å². The number of nitrogens with two attached hydrogens (primary N) is 1. The van der Waals surface area contributed by atoms with Gasteiger partial charge in [0.1, 0.15) is 16.5 Å². The predicted octanol–water partition coefficient (Wildman–Crippen LogP) is 0.368. The summed E-state index contributed by atoms with van der Waals surface area (Å²) in [5, 5.41) is 11.6. The first-order chi connectivity index (χ1) is 9.45. The zero-order valence-electron chi connectivity index (χ0n) is 10.6. The minimum atomic E-state index is -3.82. The minimum absolute atomic E-state index is 0.00210. The lowest BCUT2D eigenvalue weighted by Crippen LogP contribution is -2.44. The summed E-state index contributed by atoms with van der Waals surface area (Å²) in [6.45, 7) is 0.419. The first-order valence-electron chi connectivity index (χ1n) is 6.03. The highest BCUT2D eigenvalue weighted by Crippen LogP contribution is 2.23. The summed E-state index contributed by atoms with van der Waals surface area (Å²) in [5.41, 5.74) is 5.52. The zero-order valence-corrected chi connectivity index (χ0v) is 11.4. The molecule has 1 aromatic rings. The maximum absolute atomic E-state index is 13.1. The number of hydrogen-bond donors (Lipinski definition) is 2. The zero-order chi connectivity index (χ0) is 14.8. The minimum Gasteiger partial charge on any atom is -0.409 e. The summed E-state index contributed by atoms with van der Waals surface area (Å²) in [5.74, 6) is -1.05. The van der Waals surface area contributed by atoms with Crippen molar-refractivity contribution in [2.24, 2.45) is 16.8 Å². The van der Waals surface area contributed by atoms with Crippen LogP contribution in [0.5, 0.6) is 0 Å². The Morgan fingerprint density at radius 2 is 2.30 bits per heavy atom. The van der Waals surface area contributed by atoms with Crippen molar-refractivity contribution < 1.29 is 18.0 Å². The fraction of sp³-hybridized carbons (Fsp3) is 0.455. The smallest absolute Gasteiger partial charge is 0.244 e. The average molecular weight is 302 g/mol. The van der Waals surface area contributed by atoms with Crippen molar-refractivity contribution in [3.05, 3.63) is 24.3 Å². The molecule has 20 heavy (non-hydrogen) atoms. The average Bonchev–Trinajstić information content (AvgIpc) is 2.46. The molecule has 1 saturated heterocycles. The Morgan fingerprint density at radius 1 is 1.55 bits per heavy atom. The second kappa shape index (κ2) is 5.71. The number of rotatable bonds is 3. The molecule has 0 aromatic carbocycles. The molecule has 1 aliphatic heterocycles. The van der Waals surface area contributed by atoms with Crippen LogP contribution in [0.3, 0.4) is 0 Å². The number of halogens is 1. The lowest BCUT2D eigenvalue weighted by Gasteiger charge is -2.31. The van der Waals surface area contributed by atoms with Gasteiger partial charge in [0, 0.05) is 25.2 Å². The number of amidine groups is 1. The first-order valence-corrected chi connectivity index (χ1v) is 7.47. The monoisotopic (exact) mass is 302 g/mol. The summed E-state index contributed by atoms with van der Waals surface area (Å²) < 4.78 is 39.1. The van der Waals surface area contributed by atoms with Gasteiger partial charge in [0.05, 0.1) is 6.20 Å². The van der Waals surface area contributed by atoms with Crippen LogP contribution in [0.1, 0.15) is 12.8 Å². The molecule has 0 aliphatic carbocycles. The molecule has 2 heterocycles. The number of oxime groups is 1. The molecule has 2 rings (SSSR count). The standard InChI is InChI=1S/C11H15FN4O3S/c12-9-4-10(6-14-5-9)20(18,19)16-3-1-2-8(7-16)11(13)15-17/h4-6,8,17H,1-3,7H2,(H2,13,15). The third-order valence-electron chi connectivity index (χ3n) is 3.24. The molecule has 0 radical (unpaired) electrons. The fourth-order valence-electron chi connectivity index (χ4n) is 2.17. The van der Waals surface area contributed by atoms with E-state index in [-0.39, 0.29) is 23.2 Å². The Kier molecular flexibility index (Phi) is 4.19. The van der Waals surface area contributed by atoms with E-state index in [0.29, 0.717) is 19.4 Å². The van der Waals surface area contributed by atoms with E-state index in [1.165, 1.54) is 4.31 Å². The molecule has 9 heteroatoms. The highest BCUT2D eigenvalue weighted by Gasteiger charge is 2.32. The van der Waals surface area contributed by atoms with Crippen LogP contribution in [0.15, 0.2) is 28.5 Å². The summed E-state index contributed by atoms with van der Waals surface area (Å²) >= 11 is 0. The maximum atomic E-state index is 13.1. The molecule has 3 N–H and O–H groups in total. The van der Waals surface area contributed by atoms with E-state index in [1.54, 1.807) is 0 Å². The van der Waals surface area contributed by atoms with Crippen LogP contribution in [0, 0.1) is 11.7 Å². The van der Waals surface area contributed by atoms with E-state index < -0.39 is 15.8 Å². The second-order valence-electron chi connectivity index (χ2n) is 4.57. The second-order valence-corrected chi connectivity index (χ2v) is 6.50. The summed E-state index contributed by atoms with van der Waals surface area (Å²) in [7, 11) is -3.82. The van der Waals surface area contributed by atoms with Crippen LogP contribution in [0.4, 0.5) is 4.39 Å². The van der Waals surface area contributed by atoms with Crippen molar-refractivity contribution in [3.63, 3.8) is 0 Å². The molecule has 0 saturated carbocycles. The Hall–Kier alpha value is -1.74. The highest BCUT2D eigenvalue weighted by atomic mass is 32.2. The third-order valence-corrected chi connectivity index (χ3v) is 5.07. The van der Waals surface area contributed by atoms with Gasteiger partial charge in [-0.3, -0.25) is 4.98 Å². The van der Waals surface area contributed by atoms with E-state index in [0.717, 1.165) is 18.5 Å². The molecule has 1 aromatic heterocycles. The molecule has 1 fully saturated rings. The summed E-state index contributed by atoms with van der Waals surface area (Å²) in [6.07, 6.45) is 3.27. The maximum Gasteiger partial charge on any atom is 0.244 e. The lowest BCUT2D eigenvalue weighted by molar-refractivity contribution is 0.287. The number of sulfonamides is 1. The van der Waals surface area contributed by atoms with Crippen LogP contribution in [-0.2, 0) is 10.0 Å². The van der Waals surface area contributed by atoms with Crippen molar-refractivity contribution in [2.45, 2.75) is 17.7 Å². The van der Waals surface area contributed by atoms with E-state index in [2.05, 4.69) is 10.1 Å². The van der Waals surface area contributed by atoms with Gasteiger partial charge in [0.2, 0.25) is 10.0 Å². The number of aromatic nitrogens is 1. The molecule has 7 nitrogen and oxygen atoms in total. The molecule has 0 bridgehead atoms. The number of hydrogen-bond acceptors (Lipinski definition) is 5. The Bertz CT molecular complexity index is 620. The Morgan fingerprint density at radius 3 is 2.95 bits per heavy atom. The summed E-state index contributed by atoms with van der Waals surface area (Å²) in [6, 6.07) is 0.926. The van der Waals surface area contributed by atoms with Gasteiger partial charge in [-0.05, 0) is 18.9 Å². The molecule has 1 atom stereocenters. The van der Waals surface area contributed by atoms with Crippen molar-refractivity contribution in [2.75, 3.05) is 13.1 Å². The number of nitrogens with zero attached hydrogens (tertiary/aromatic N) is 3. The molecular weight excluding hydrogens is 287 g/mol. The molecule has 0 amide bonds. The van der Waals surface area contributed by atoms with E-state index in [1.807, 2.05) is 0 Å². The highest BCUT2D eigenvalue weighted by molar-refractivity contribution is 7.89. The van der Waals surface area contributed by atoms with Gasteiger partial charge in [-0.25, -0.2) is 12.8 Å². The number of piperidine rings is 1. The van der Waals surface area contributed by atoms with Gasteiger partial charge in [-0.1, -0.05) is 5.16 Å². The van der Waals surface area contributed by atoms with Crippen LogP contribution in [0.2, 0.25) is 0 Å². The normalized spacial score (nSPS) is 21.9. The van der Waals surface area contributed by atoms with Crippen LogP contribution in [0.25, 0.3) is 0 Å². The fourth-order valence-corrected chi connectivity index (χ4v) is 3.67. The van der Waals surface area contributed by atoms with Gasteiger partial charge >= 0.3 is 0 Å². The van der Waals surface area contributed by atoms with Crippen molar-refractivity contribution >= 4 is 15.9 Å². The van der Waals surface area contributed by atoms with Crippen LogP contribution in [-0.4, -0.2) is 41.8 Å². The van der Waals surface area contributed by atoms with Gasteiger partial charge in [0.15, 0.2) is 0 Å². The quantitative estimate of drug-likeness (QED) is 0.363. The predicted molar refractivity (Wildman–Crippen MR) is 69.1 cm³/mol. The molecule has 110 valence electrons. The molecule has 1 unspecified atom stereocenters. The van der Waals surface area contributed by atoms with E-state index in [9.17, 15) is 12.8 Å². The van der Waals surface area contributed by atoms with E-state index >= 15 is 0 Å². The Balaban J connectivity index is 2.26. The first kappa shape index (κ1) is 14.7. The molecular formula is C11H15FN4O3S. The van der Waals surface area contributed by atoms with Gasteiger partial charge < -0.3 is 10.9 Å². The van der Waals surface area contributed by atoms with Crippen LogP contribution >= 0.6 is 0 Å². The van der Waals surface area contributed by atoms with Gasteiger partial charge in [-0.15, -0.1) is 0 Å².